The standard InChI is InChI=1S/C17H25NO2/c1-4-20-17(19)14-10-8-13(9-11-14)16-7-5-6-15(18-16)12(2)3/h5-7,12-14H,4,8-11H2,1-3H3/t13-,14-. The zero-order valence-electron chi connectivity index (χ0n) is 12.8. The largest absolute Gasteiger partial charge is 0.466 e. The summed E-state index contributed by atoms with van der Waals surface area (Å²) in [7, 11) is 0. The molecule has 0 aromatic carbocycles. The van der Waals surface area contributed by atoms with E-state index in [-0.39, 0.29) is 11.9 Å². The highest BCUT2D eigenvalue weighted by molar-refractivity contribution is 5.72. The van der Waals surface area contributed by atoms with E-state index in [1.165, 1.54) is 5.69 Å². The van der Waals surface area contributed by atoms with Gasteiger partial charge in [-0.25, -0.2) is 0 Å². The second-order valence-corrected chi connectivity index (χ2v) is 5.94. The first-order chi connectivity index (χ1) is 9.61. The van der Waals surface area contributed by atoms with Crippen LogP contribution >= 0.6 is 0 Å². The number of hydrogen-bond acceptors (Lipinski definition) is 3. The van der Waals surface area contributed by atoms with E-state index in [1.54, 1.807) is 0 Å². The number of carbonyl (C=O) groups excluding carboxylic acids is 1. The van der Waals surface area contributed by atoms with Crippen LogP contribution in [0, 0.1) is 5.92 Å². The third kappa shape index (κ3) is 3.59. The van der Waals surface area contributed by atoms with E-state index < -0.39 is 0 Å². The van der Waals surface area contributed by atoms with E-state index in [1.807, 2.05) is 6.92 Å². The summed E-state index contributed by atoms with van der Waals surface area (Å²) < 4.78 is 5.12. The van der Waals surface area contributed by atoms with Crippen molar-refractivity contribution < 1.29 is 9.53 Å². The number of nitrogens with zero attached hydrogens (tertiary/aromatic N) is 1. The van der Waals surface area contributed by atoms with Crippen LogP contribution in [-0.4, -0.2) is 17.6 Å². The summed E-state index contributed by atoms with van der Waals surface area (Å²) in [5.41, 5.74) is 2.36. The maximum atomic E-state index is 11.7. The molecule has 1 aliphatic rings. The fraction of sp³-hybridized carbons (Fsp3) is 0.647. The molecular formula is C17H25NO2. The highest BCUT2D eigenvalue weighted by Gasteiger charge is 2.28. The van der Waals surface area contributed by atoms with Gasteiger partial charge in [0.25, 0.3) is 0 Å². The second kappa shape index (κ2) is 6.87. The molecular weight excluding hydrogens is 250 g/mol. The lowest BCUT2D eigenvalue weighted by atomic mass is 9.80. The zero-order chi connectivity index (χ0) is 14.5. The van der Waals surface area contributed by atoms with Crippen molar-refractivity contribution in [3.05, 3.63) is 29.6 Å². The molecule has 1 aromatic rings. The number of pyridine rings is 1. The van der Waals surface area contributed by atoms with Crippen LogP contribution in [0.1, 0.15) is 69.7 Å². The maximum Gasteiger partial charge on any atom is 0.308 e. The number of rotatable bonds is 4. The van der Waals surface area contributed by atoms with E-state index in [2.05, 4.69) is 32.0 Å². The molecule has 3 nitrogen and oxygen atoms in total. The number of esters is 1. The number of hydrogen-bond donors (Lipinski definition) is 0. The first-order valence-corrected chi connectivity index (χ1v) is 7.75. The molecule has 0 radical (unpaired) electrons. The molecule has 0 amide bonds. The second-order valence-electron chi connectivity index (χ2n) is 5.94. The molecule has 1 aromatic heterocycles. The highest BCUT2D eigenvalue weighted by Crippen LogP contribution is 2.35. The minimum atomic E-state index is -0.0187. The molecule has 110 valence electrons. The lowest BCUT2D eigenvalue weighted by Crippen LogP contribution is -2.23. The molecule has 0 atom stereocenters. The molecule has 0 saturated heterocycles. The van der Waals surface area contributed by atoms with Crippen LogP contribution < -0.4 is 0 Å². The zero-order valence-corrected chi connectivity index (χ0v) is 12.8. The van der Waals surface area contributed by atoms with Crippen molar-refractivity contribution in [2.24, 2.45) is 5.92 Å². The summed E-state index contributed by atoms with van der Waals surface area (Å²) in [6.07, 6.45) is 3.93. The monoisotopic (exact) mass is 275 g/mol. The van der Waals surface area contributed by atoms with E-state index in [0.29, 0.717) is 18.4 Å². The van der Waals surface area contributed by atoms with Crippen molar-refractivity contribution in [2.45, 2.75) is 58.3 Å². The summed E-state index contributed by atoms with van der Waals surface area (Å²) >= 11 is 0. The summed E-state index contributed by atoms with van der Waals surface area (Å²) in [5.74, 6) is 1.04. The predicted octanol–water partition coefficient (Wildman–Crippen LogP) is 4.04. The van der Waals surface area contributed by atoms with Gasteiger partial charge in [-0.3, -0.25) is 9.78 Å². The van der Waals surface area contributed by atoms with Gasteiger partial charge in [0.2, 0.25) is 0 Å². The molecule has 3 heteroatoms. The van der Waals surface area contributed by atoms with Gasteiger partial charge < -0.3 is 4.74 Å². The third-order valence-corrected chi connectivity index (χ3v) is 4.15. The summed E-state index contributed by atoms with van der Waals surface area (Å²) in [6.45, 7) is 6.69. The minimum absolute atomic E-state index is 0.0187. The number of carbonyl (C=O) groups is 1. The van der Waals surface area contributed by atoms with Gasteiger partial charge in [0, 0.05) is 17.3 Å². The molecule has 0 bridgehead atoms. The van der Waals surface area contributed by atoms with Gasteiger partial charge in [-0.05, 0) is 50.7 Å². The Hall–Kier alpha value is -1.38. The Labute approximate surface area is 121 Å². The lowest BCUT2D eigenvalue weighted by Gasteiger charge is -2.27. The normalized spacial score (nSPS) is 22.8. The smallest absolute Gasteiger partial charge is 0.308 e. The Morgan fingerprint density at radius 2 is 2.00 bits per heavy atom. The van der Waals surface area contributed by atoms with Crippen LogP contribution in [0.5, 0.6) is 0 Å². The van der Waals surface area contributed by atoms with Gasteiger partial charge in [-0.1, -0.05) is 19.9 Å². The summed E-state index contributed by atoms with van der Waals surface area (Å²) in [6, 6.07) is 6.33. The van der Waals surface area contributed by atoms with Gasteiger partial charge in [0.05, 0.1) is 12.5 Å². The Balaban J connectivity index is 1.97. The molecule has 0 N–H and O–H groups in total. The maximum absolute atomic E-state index is 11.7. The van der Waals surface area contributed by atoms with Crippen LogP contribution in [0.2, 0.25) is 0 Å². The Bertz CT molecular complexity index is 448. The van der Waals surface area contributed by atoms with Crippen molar-refractivity contribution in [1.82, 2.24) is 4.98 Å². The topological polar surface area (TPSA) is 39.2 Å². The van der Waals surface area contributed by atoms with Gasteiger partial charge in [-0.2, -0.15) is 0 Å². The fourth-order valence-electron chi connectivity index (χ4n) is 2.90. The average molecular weight is 275 g/mol. The van der Waals surface area contributed by atoms with Crippen LogP contribution in [0.15, 0.2) is 18.2 Å². The molecule has 0 spiro atoms. The van der Waals surface area contributed by atoms with E-state index >= 15 is 0 Å². The van der Waals surface area contributed by atoms with Gasteiger partial charge in [0.15, 0.2) is 0 Å². The molecule has 20 heavy (non-hydrogen) atoms. The van der Waals surface area contributed by atoms with E-state index in [4.69, 9.17) is 9.72 Å². The van der Waals surface area contributed by atoms with Crippen molar-refractivity contribution in [1.29, 1.82) is 0 Å². The molecule has 2 rings (SSSR count). The van der Waals surface area contributed by atoms with Crippen molar-refractivity contribution in [2.75, 3.05) is 6.61 Å². The minimum Gasteiger partial charge on any atom is -0.466 e. The highest BCUT2D eigenvalue weighted by atomic mass is 16.5. The Morgan fingerprint density at radius 3 is 2.60 bits per heavy atom. The molecule has 1 aliphatic carbocycles. The Kier molecular flexibility index (Phi) is 5.16. The van der Waals surface area contributed by atoms with Crippen molar-refractivity contribution in [3.63, 3.8) is 0 Å². The average Bonchev–Trinajstić information content (AvgIpc) is 2.48. The first-order valence-electron chi connectivity index (χ1n) is 7.75. The van der Waals surface area contributed by atoms with E-state index in [9.17, 15) is 4.79 Å². The lowest BCUT2D eigenvalue weighted by molar-refractivity contribution is -0.149. The summed E-state index contributed by atoms with van der Waals surface area (Å²) in [5, 5.41) is 0. The van der Waals surface area contributed by atoms with Gasteiger partial charge in [-0.15, -0.1) is 0 Å². The quantitative estimate of drug-likeness (QED) is 0.778. The number of ether oxygens (including phenoxy) is 1. The van der Waals surface area contributed by atoms with E-state index in [0.717, 1.165) is 31.4 Å². The fourth-order valence-corrected chi connectivity index (χ4v) is 2.90. The van der Waals surface area contributed by atoms with Crippen molar-refractivity contribution >= 4 is 5.97 Å². The van der Waals surface area contributed by atoms with Gasteiger partial charge >= 0.3 is 5.97 Å². The number of aromatic nitrogens is 1. The molecule has 1 heterocycles. The summed E-state index contributed by atoms with van der Waals surface area (Å²) in [4.78, 5) is 16.5. The predicted molar refractivity (Wildman–Crippen MR) is 79.7 cm³/mol. The van der Waals surface area contributed by atoms with Crippen LogP contribution in [0.25, 0.3) is 0 Å². The Morgan fingerprint density at radius 1 is 1.30 bits per heavy atom. The first kappa shape index (κ1) is 15.0. The van der Waals surface area contributed by atoms with Crippen LogP contribution in [0.3, 0.4) is 0 Å². The van der Waals surface area contributed by atoms with Crippen LogP contribution in [0.4, 0.5) is 0 Å². The SMILES string of the molecule is CCOC(=O)[C@H]1CC[C@H](c2cccc(C(C)C)n2)CC1. The molecule has 1 fully saturated rings. The molecule has 1 saturated carbocycles. The molecule has 0 unspecified atom stereocenters. The van der Waals surface area contributed by atoms with Gasteiger partial charge in [0.1, 0.15) is 0 Å². The van der Waals surface area contributed by atoms with Crippen LogP contribution in [-0.2, 0) is 9.53 Å². The third-order valence-electron chi connectivity index (χ3n) is 4.15. The van der Waals surface area contributed by atoms with Crippen molar-refractivity contribution in [3.8, 4) is 0 Å². The molecule has 0 aliphatic heterocycles.